The molecule has 7 heteroatoms. The summed E-state index contributed by atoms with van der Waals surface area (Å²) in [4.78, 5) is 24.2. The van der Waals surface area contributed by atoms with E-state index in [0.29, 0.717) is 13.1 Å². The molecular formula is C25H24BrN5O. The Morgan fingerprint density at radius 2 is 2.03 bits per heavy atom. The van der Waals surface area contributed by atoms with Crippen LogP contribution in [0.4, 0.5) is 5.69 Å². The Morgan fingerprint density at radius 3 is 2.88 bits per heavy atom. The van der Waals surface area contributed by atoms with Crippen LogP contribution in [0.1, 0.15) is 18.7 Å². The number of hydrogen-bond donors (Lipinski definition) is 1. The van der Waals surface area contributed by atoms with Crippen LogP contribution in [-0.2, 0) is 11.3 Å². The molecule has 0 radical (unpaired) electrons. The number of aromatic nitrogens is 3. The third-order valence-corrected chi connectivity index (χ3v) is 6.36. The standard InChI is InChI=1S/C25H24BrN5O/c26-19-7-3-9-21(14-19)31-23-11-2-1-10-22(23)29-24(31)17-30-13-5-6-18(16-30)25(32)28-20-8-4-12-27-15-20/h1-4,7-12,14-15,18H,5-6,13,16-17H2,(H,28,32)/t18-/m0/s1. The van der Waals surface area contributed by atoms with E-state index < -0.39 is 0 Å². The molecule has 1 aliphatic heterocycles. The highest BCUT2D eigenvalue weighted by atomic mass is 79.9. The highest BCUT2D eigenvalue weighted by Gasteiger charge is 2.27. The van der Waals surface area contributed by atoms with Crippen LogP contribution in [-0.4, -0.2) is 38.4 Å². The molecule has 0 saturated carbocycles. The van der Waals surface area contributed by atoms with Crippen molar-refractivity contribution in [1.29, 1.82) is 0 Å². The Hall–Kier alpha value is -3.03. The van der Waals surface area contributed by atoms with Crippen LogP contribution >= 0.6 is 15.9 Å². The quantitative estimate of drug-likeness (QED) is 0.426. The second kappa shape index (κ2) is 9.22. The third-order valence-electron chi connectivity index (χ3n) is 5.87. The van der Waals surface area contributed by atoms with Gasteiger partial charge in [-0.15, -0.1) is 0 Å². The molecule has 1 amide bonds. The Bertz CT molecular complexity index is 1240. The fourth-order valence-corrected chi connectivity index (χ4v) is 4.77. The van der Waals surface area contributed by atoms with Crippen LogP contribution in [0.15, 0.2) is 77.5 Å². The number of nitrogens with one attached hydrogen (secondary N) is 1. The normalized spacial score (nSPS) is 16.8. The van der Waals surface area contributed by atoms with Gasteiger partial charge in [0.05, 0.1) is 35.4 Å². The van der Waals surface area contributed by atoms with E-state index in [1.807, 2.05) is 42.5 Å². The molecule has 0 bridgehead atoms. The van der Waals surface area contributed by atoms with Gasteiger partial charge in [0.25, 0.3) is 0 Å². The summed E-state index contributed by atoms with van der Waals surface area (Å²) in [6, 6.07) is 20.2. The molecule has 0 spiro atoms. The Labute approximate surface area is 195 Å². The van der Waals surface area contributed by atoms with Crippen molar-refractivity contribution in [2.24, 2.45) is 5.92 Å². The second-order valence-corrected chi connectivity index (χ2v) is 9.05. The van der Waals surface area contributed by atoms with Gasteiger partial charge >= 0.3 is 0 Å². The molecule has 1 aliphatic rings. The molecule has 1 atom stereocenters. The van der Waals surface area contributed by atoms with Gasteiger partial charge in [-0.3, -0.25) is 19.2 Å². The number of carbonyl (C=O) groups is 1. The number of carbonyl (C=O) groups excluding carboxylic acids is 1. The topological polar surface area (TPSA) is 63.1 Å². The lowest BCUT2D eigenvalue weighted by Crippen LogP contribution is -2.40. The van der Waals surface area contributed by atoms with Crippen molar-refractivity contribution in [2.45, 2.75) is 19.4 Å². The number of fused-ring (bicyclic) bond motifs is 1. The molecule has 32 heavy (non-hydrogen) atoms. The monoisotopic (exact) mass is 489 g/mol. The molecule has 0 aliphatic carbocycles. The molecular weight excluding hydrogens is 466 g/mol. The van der Waals surface area contributed by atoms with Crippen molar-refractivity contribution in [3.8, 4) is 5.69 Å². The first-order valence-electron chi connectivity index (χ1n) is 10.8. The smallest absolute Gasteiger partial charge is 0.228 e. The van der Waals surface area contributed by atoms with E-state index in [1.54, 1.807) is 12.4 Å². The minimum absolute atomic E-state index is 0.0485. The summed E-state index contributed by atoms with van der Waals surface area (Å²) in [5.41, 5.74) is 3.88. The SMILES string of the molecule is O=C(Nc1cccnc1)[C@H]1CCCN(Cc2nc3ccccc3n2-c2cccc(Br)c2)C1. The lowest BCUT2D eigenvalue weighted by atomic mass is 9.97. The number of benzene rings is 2. The van der Waals surface area contributed by atoms with Gasteiger partial charge in [0.15, 0.2) is 0 Å². The molecule has 6 nitrogen and oxygen atoms in total. The summed E-state index contributed by atoms with van der Waals surface area (Å²) in [5.74, 6) is 0.994. The van der Waals surface area contributed by atoms with Gasteiger partial charge in [0, 0.05) is 22.9 Å². The zero-order chi connectivity index (χ0) is 21.9. The molecule has 2 aromatic carbocycles. The number of anilines is 1. The Balaban J connectivity index is 1.38. The average molecular weight is 490 g/mol. The maximum atomic E-state index is 12.8. The lowest BCUT2D eigenvalue weighted by molar-refractivity contribution is -0.121. The van der Waals surface area contributed by atoms with Crippen molar-refractivity contribution in [2.75, 3.05) is 18.4 Å². The van der Waals surface area contributed by atoms with Crippen LogP contribution in [0.5, 0.6) is 0 Å². The van der Waals surface area contributed by atoms with Crippen molar-refractivity contribution < 1.29 is 4.79 Å². The van der Waals surface area contributed by atoms with Crippen molar-refractivity contribution in [1.82, 2.24) is 19.4 Å². The first kappa shape index (κ1) is 20.8. The predicted molar refractivity (Wildman–Crippen MR) is 130 cm³/mol. The van der Waals surface area contributed by atoms with Crippen LogP contribution in [0.25, 0.3) is 16.7 Å². The third kappa shape index (κ3) is 4.45. The molecule has 0 unspecified atom stereocenters. The molecule has 1 saturated heterocycles. The number of pyridine rings is 1. The van der Waals surface area contributed by atoms with Gasteiger partial charge in [-0.05, 0) is 61.9 Å². The van der Waals surface area contributed by atoms with Gasteiger partial charge in [-0.1, -0.05) is 34.1 Å². The Morgan fingerprint density at radius 1 is 1.12 bits per heavy atom. The van der Waals surface area contributed by atoms with Gasteiger partial charge in [-0.25, -0.2) is 4.98 Å². The van der Waals surface area contributed by atoms with Gasteiger partial charge < -0.3 is 5.32 Å². The highest BCUT2D eigenvalue weighted by Crippen LogP contribution is 2.26. The second-order valence-electron chi connectivity index (χ2n) is 8.14. The molecule has 3 heterocycles. The molecule has 162 valence electrons. The summed E-state index contributed by atoms with van der Waals surface area (Å²) in [6.07, 6.45) is 5.26. The fraction of sp³-hybridized carbons (Fsp3) is 0.240. The van der Waals surface area contributed by atoms with Crippen molar-refractivity contribution >= 4 is 38.6 Å². The van der Waals surface area contributed by atoms with E-state index in [2.05, 4.69) is 53.9 Å². The van der Waals surface area contributed by atoms with Gasteiger partial charge in [0.2, 0.25) is 5.91 Å². The van der Waals surface area contributed by atoms with Crippen LogP contribution in [0, 0.1) is 5.92 Å². The number of piperidine rings is 1. The van der Waals surface area contributed by atoms with E-state index in [-0.39, 0.29) is 11.8 Å². The predicted octanol–water partition coefficient (Wildman–Crippen LogP) is 5.03. The number of hydrogen-bond acceptors (Lipinski definition) is 4. The molecule has 1 fully saturated rings. The van der Waals surface area contributed by atoms with Crippen LogP contribution in [0.2, 0.25) is 0 Å². The number of para-hydroxylation sites is 2. The number of rotatable bonds is 5. The van der Waals surface area contributed by atoms with Crippen LogP contribution in [0.3, 0.4) is 0 Å². The van der Waals surface area contributed by atoms with Crippen LogP contribution < -0.4 is 5.32 Å². The zero-order valence-corrected chi connectivity index (χ0v) is 19.2. The number of likely N-dealkylation sites (tertiary alicyclic amines) is 1. The van der Waals surface area contributed by atoms with E-state index in [1.165, 1.54) is 0 Å². The summed E-state index contributed by atoms with van der Waals surface area (Å²) in [6.45, 7) is 2.37. The Kier molecular flexibility index (Phi) is 6.01. The van der Waals surface area contributed by atoms with E-state index >= 15 is 0 Å². The molecule has 5 rings (SSSR count). The summed E-state index contributed by atoms with van der Waals surface area (Å²) < 4.78 is 3.25. The average Bonchev–Trinajstić information content (AvgIpc) is 3.17. The van der Waals surface area contributed by atoms with E-state index in [9.17, 15) is 4.79 Å². The number of amides is 1. The number of halogens is 1. The first-order valence-corrected chi connectivity index (χ1v) is 11.6. The lowest BCUT2D eigenvalue weighted by Gasteiger charge is -2.31. The summed E-state index contributed by atoms with van der Waals surface area (Å²) in [5, 5.41) is 3.01. The van der Waals surface area contributed by atoms with Crippen molar-refractivity contribution in [3.63, 3.8) is 0 Å². The summed E-state index contributed by atoms with van der Waals surface area (Å²) >= 11 is 3.59. The van der Waals surface area contributed by atoms with Gasteiger partial charge in [0.1, 0.15) is 5.82 Å². The molecule has 2 aromatic heterocycles. The van der Waals surface area contributed by atoms with Crippen molar-refractivity contribution in [3.05, 3.63) is 83.4 Å². The number of imidazole rings is 1. The minimum atomic E-state index is -0.0485. The minimum Gasteiger partial charge on any atom is -0.324 e. The summed E-state index contributed by atoms with van der Waals surface area (Å²) in [7, 11) is 0. The zero-order valence-electron chi connectivity index (χ0n) is 17.6. The van der Waals surface area contributed by atoms with E-state index in [4.69, 9.17) is 4.98 Å². The fourth-order valence-electron chi connectivity index (χ4n) is 4.38. The molecule has 4 aromatic rings. The highest BCUT2D eigenvalue weighted by molar-refractivity contribution is 9.10. The van der Waals surface area contributed by atoms with Gasteiger partial charge in [-0.2, -0.15) is 0 Å². The van der Waals surface area contributed by atoms with E-state index in [0.717, 1.165) is 52.1 Å². The largest absolute Gasteiger partial charge is 0.324 e. The maximum Gasteiger partial charge on any atom is 0.228 e. The first-order chi connectivity index (χ1) is 15.7. The molecule has 1 N–H and O–H groups in total. The number of nitrogens with zero attached hydrogens (tertiary/aromatic N) is 4. The maximum absolute atomic E-state index is 12.8.